The lowest BCUT2D eigenvalue weighted by atomic mass is 9.92. The summed E-state index contributed by atoms with van der Waals surface area (Å²) in [5.41, 5.74) is 2.39. The molecule has 2 N–H and O–H groups in total. The van der Waals surface area contributed by atoms with Gasteiger partial charge in [0, 0.05) is 24.4 Å². The molecule has 2 fully saturated rings. The summed E-state index contributed by atoms with van der Waals surface area (Å²) < 4.78 is 0. The fourth-order valence-corrected chi connectivity index (χ4v) is 3.11. The Morgan fingerprint density at radius 3 is 2.71 bits per heavy atom. The summed E-state index contributed by atoms with van der Waals surface area (Å²) in [6, 6.07) is 4.00. The molecule has 4 nitrogen and oxygen atoms in total. The quantitative estimate of drug-likeness (QED) is 0.893. The van der Waals surface area contributed by atoms with Gasteiger partial charge in [0.25, 0.3) is 0 Å². The standard InChI is InChI=1S/C15H21N3O.2ClH/c1-11-2-3-12(9-17-11)10-18-14(19)13-8-15(13)4-6-16-7-5-15;;/h2-3,9,13,16H,4-8,10H2,1H3,(H,18,19);2*1H. The van der Waals surface area contributed by atoms with Crippen molar-refractivity contribution in [3.8, 4) is 0 Å². The Balaban J connectivity index is 0.00000110. The van der Waals surface area contributed by atoms with Crippen LogP contribution in [0.1, 0.15) is 30.5 Å². The molecule has 21 heavy (non-hydrogen) atoms. The Bertz CT molecular complexity index is 472. The normalized spacial score (nSPS) is 21.9. The number of aryl methyl sites for hydroxylation is 1. The van der Waals surface area contributed by atoms with E-state index in [1.165, 1.54) is 0 Å². The van der Waals surface area contributed by atoms with Crippen LogP contribution in [0, 0.1) is 18.3 Å². The van der Waals surface area contributed by atoms with Gasteiger partial charge in [-0.05, 0) is 56.3 Å². The van der Waals surface area contributed by atoms with E-state index in [4.69, 9.17) is 0 Å². The minimum absolute atomic E-state index is 0. The maximum atomic E-state index is 12.2. The van der Waals surface area contributed by atoms with Crippen LogP contribution in [-0.2, 0) is 11.3 Å². The summed E-state index contributed by atoms with van der Waals surface area (Å²) in [6.07, 6.45) is 5.21. The molecule has 118 valence electrons. The molecule has 0 aromatic carbocycles. The Labute approximate surface area is 138 Å². The summed E-state index contributed by atoms with van der Waals surface area (Å²) in [5, 5.41) is 6.42. The molecule has 1 amide bonds. The maximum absolute atomic E-state index is 12.2. The number of hydrogen-bond acceptors (Lipinski definition) is 3. The largest absolute Gasteiger partial charge is 0.352 e. The molecule has 1 aliphatic carbocycles. The monoisotopic (exact) mass is 331 g/mol. The van der Waals surface area contributed by atoms with Crippen LogP contribution < -0.4 is 10.6 Å². The van der Waals surface area contributed by atoms with Crippen molar-refractivity contribution in [2.24, 2.45) is 11.3 Å². The molecule has 1 saturated heterocycles. The Morgan fingerprint density at radius 2 is 2.10 bits per heavy atom. The molecule has 2 aliphatic rings. The van der Waals surface area contributed by atoms with Gasteiger partial charge in [-0.2, -0.15) is 0 Å². The fraction of sp³-hybridized carbons (Fsp3) is 0.600. The van der Waals surface area contributed by atoms with Gasteiger partial charge in [-0.3, -0.25) is 9.78 Å². The maximum Gasteiger partial charge on any atom is 0.223 e. The van der Waals surface area contributed by atoms with Crippen LogP contribution in [0.2, 0.25) is 0 Å². The summed E-state index contributed by atoms with van der Waals surface area (Å²) in [4.78, 5) is 16.4. The van der Waals surface area contributed by atoms with Gasteiger partial charge in [-0.25, -0.2) is 0 Å². The highest BCUT2D eigenvalue weighted by atomic mass is 35.5. The number of hydrogen-bond donors (Lipinski definition) is 2. The molecule has 6 heteroatoms. The zero-order valence-electron chi connectivity index (χ0n) is 12.2. The number of nitrogens with zero attached hydrogens (tertiary/aromatic N) is 1. The van der Waals surface area contributed by atoms with Gasteiger partial charge in [-0.15, -0.1) is 24.8 Å². The van der Waals surface area contributed by atoms with Crippen molar-refractivity contribution >= 4 is 30.7 Å². The van der Waals surface area contributed by atoms with Gasteiger partial charge in [0.05, 0.1) is 0 Å². The second-order valence-electron chi connectivity index (χ2n) is 5.89. The van der Waals surface area contributed by atoms with Crippen LogP contribution in [0.4, 0.5) is 0 Å². The zero-order chi connectivity index (χ0) is 13.3. The van der Waals surface area contributed by atoms with Crippen molar-refractivity contribution < 1.29 is 4.79 Å². The summed E-state index contributed by atoms with van der Waals surface area (Å²) in [6.45, 7) is 4.68. The predicted molar refractivity (Wildman–Crippen MR) is 88.0 cm³/mol. The van der Waals surface area contributed by atoms with Crippen molar-refractivity contribution in [1.82, 2.24) is 15.6 Å². The van der Waals surface area contributed by atoms with Gasteiger partial charge in [0.15, 0.2) is 0 Å². The third kappa shape index (κ3) is 4.09. The molecule has 0 bridgehead atoms. The highest BCUT2D eigenvalue weighted by Gasteiger charge is 2.57. The van der Waals surface area contributed by atoms with Gasteiger partial charge < -0.3 is 10.6 Å². The molecule has 1 saturated carbocycles. The Kier molecular flexibility index (Phi) is 6.44. The third-order valence-corrected chi connectivity index (χ3v) is 4.54. The molecule has 1 atom stereocenters. The van der Waals surface area contributed by atoms with E-state index in [0.717, 1.165) is 43.6 Å². The number of aromatic nitrogens is 1. The molecule has 1 aromatic heterocycles. The van der Waals surface area contributed by atoms with Crippen molar-refractivity contribution in [2.45, 2.75) is 32.7 Å². The van der Waals surface area contributed by atoms with E-state index in [0.29, 0.717) is 12.0 Å². The minimum Gasteiger partial charge on any atom is -0.352 e. The molecule has 2 heterocycles. The first kappa shape index (κ1) is 18.2. The molecule has 1 unspecified atom stereocenters. The second-order valence-corrected chi connectivity index (χ2v) is 5.89. The lowest BCUT2D eigenvalue weighted by Crippen LogP contribution is -2.33. The number of carbonyl (C=O) groups excluding carboxylic acids is 1. The van der Waals surface area contributed by atoms with Crippen LogP contribution >= 0.6 is 24.8 Å². The van der Waals surface area contributed by atoms with Gasteiger partial charge in [0.1, 0.15) is 0 Å². The molecule has 3 rings (SSSR count). The van der Waals surface area contributed by atoms with E-state index in [-0.39, 0.29) is 36.6 Å². The van der Waals surface area contributed by atoms with Crippen LogP contribution in [0.3, 0.4) is 0 Å². The number of piperidine rings is 1. The third-order valence-electron chi connectivity index (χ3n) is 4.54. The molecule has 0 radical (unpaired) electrons. The first-order chi connectivity index (χ1) is 9.20. The van der Waals surface area contributed by atoms with E-state index < -0.39 is 0 Å². The number of carbonyl (C=O) groups is 1. The number of rotatable bonds is 3. The van der Waals surface area contributed by atoms with Crippen molar-refractivity contribution in [3.05, 3.63) is 29.6 Å². The van der Waals surface area contributed by atoms with Crippen LogP contribution in [-0.4, -0.2) is 24.0 Å². The number of halogens is 2. The SMILES string of the molecule is Cc1ccc(CNC(=O)C2CC23CCNCC3)cn1.Cl.Cl. The predicted octanol–water partition coefficient (Wildman–Crippen LogP) is 2.24. The molecule has 1 aromatic rings. The van der Waals surface area contributed by atoms with Crippen LogP contribution in [0.5, 0.6) is 0 Å². The molecular weight excluding hydrogens is 309 g/mol. The first-order valence-electron chi connectivity index (χ1n) is 7.10. The van der Waals surface area contributed by atoms with Gasteiger partial charge in [-0.1, -0.05) is 6.07 Å². The summed E-state index contributed by atoms with van der Waals surface area (Å²) in [7, 11) is 0. The average Bonchev–Trinajstić information content (AvgIpc) is 3.12. The van der Waals surface area contributed by atoms with E-state index >= 15 is 0 Å². The molecule has 1 aliphatic heterocycles. The molecule has 1 spiro atoms. The smallest absolute Gasteiger partial charge is 0.223 e. The van der Waals surface area contributed by atoms with Crippen LogP contribution in [0.25, 0.3) is 0 Å². The lowest BCUT2D eigenvalue weighted by molar-refractivity contribution is -0.123. The highest BCUT2D eigenvalue weighted by Crippen LogP contribution is 2.58. The highest BCUT2D eigenvalue weighted by molar-refractivity contribution is 5.85. The van der Waals surface area contributed by atoms with Crippen LogP contribution in [0.15, 0.2) is 18.3 Å². The van der Waals surface area contributed by atoms with Crippen molar-refractivity contribution in [1.29, 1.82) is 0 Å². The van der Waals surface area contributed by atoms with Gasteiger partial charge >= 0.3 is 0 Å². The van der Waals surface area contributed by atoms with E-state index in [1.807, 2.05) is 25.3 Å². The average molecular weight is 332 g/mol. The number of pyridine rings is 1. The second kappa shape index (κ2) is 7.43. The minimum atomic E-state index is 0. The Hall–Kier alpha value is -0.840. The van der Waals surface area contributed by atoms with Gasteiger partial charge in [0.2, 0.25) is 5.91 Å². The first-order valence-corrected chi connectivity index (χ1v) is 7.10. The number of amides is 1. The Morgan fingerprint density at radius 1 is 1.38 bits per heavy atom. The topological polar surface area (TPSA) is 54.0 Å². The van der Waals surface area contributed by atoms with E-state index in [9.17, 15) is 4.79 Å². The van der Waals surface area contributed by atoms with Crippen molar-refractivity contribution in [3.63, 3.8) is 0 Å². The zero-order valence-corrected chi connectivity index (χ0v) is 13.9. The summed E-state index contributed by atoms with van der Waals surface area (Å²) >= 11 is 0. The number of nitrogens with one attached hydrogen (secondary N) is 2. The molecular formula is C15H23Cl2N3O. The fourth-order valence-electron chi connectivity index (χ4n) is 3.11. The van der Waals surface area contributed by atoms with E-state index in [1.54, 1.807) is 0 Å². The van der Waals surface area contributed by atoms with E-state index in [2.05, 4.69) is 15.6 Å². The van der Waals surface area contributed by atoms with Crippen molar-refractivity contribution in [2.75, 3.05) is 13.1 Å². The summed E-state index contributed by atoms with van der Waals surface area (Å²) in [5.74, 6) is 0.468. The lowest BCUT2D eigenvalue weighted by Gasteiger charge is -2.23.